The maximum atomic E-state index is 5.58. The van der Waals surface area contributed by atoms with Gasteiger partial charge in [0.25, 0.3) is 0 Å². The van der Waals surface area contributed by atoms with Crippen LogP contribution in [0.25, 0.3) is 0 Å². The number of thiophene rings is 1. The first-order valence-electron chi connectivity index (χ1n) is 4.81. The first-order valence-corrected chi connectivity index (χ1v) is 6.48. The molecule has 0 bridgehead atoms. The molecule has 0 atom stereocenters. The molecular weight excluding hydrogens is 260 g/mol. The Kier molecular flexibility index (Phi) is 5.09. The molecule has 0 radical (unpaired) electrons. The van der Waals surface area contributed by atoms with Crippen molar-refractivity contribution in [2.24, 2.45) is 5.73 Å². The van der Waals surface area contributed by atoms with Crippen LogP contribution in [0.3, 0.4) is 0 Å². The average molecular weight is 277 g/mol. The van der Waals surface area contributed by atoms with Gasteiger partial charge in [0.2, 0.25) is 0 Å². The van der Waals surface area contributed by atoms with Crippen molar-refractivity contribution < 1.29 is 0 Å². The fourth-order valence-electron chi connectivity index (χ4n) is 1.31. The van der Waals surface area contributed by atoms with E-state index in [2.05, 4.69) is 46.1 Å². The largest absolute Gasteiger partial charge is 0.329 e. The molecule has 0 saturated heterocycles. The van der Waals surface area contributed by atoms with Crippen molar-refractivity contribution >= 4 is 27.3 Å². The lowest BCUT2D eigenvalue weighted by molar-refractivity contribution is 0.221. The lowest BCUT2D eigenvalue weighted by atomic mass is 10.3. The molecule has 0 amide bonds. The Balaban J connectivity index is 2.60. The predicted octanol–water partition coefficient (Wildman–Crippen LogP) is 2.68. The van der Waals surface area contributed by atoms with Crippen LogP contribution in [0.2, 0.25) is 0 Å². The van der Waals surface area contributed by atoms with Gasteiger partial charge in [-0.3, -0.25) is 4.90 Å². The van der Waals surface area contributed by atoms with Crippen molar-refractivity contribution in [1.29, 1.82) is 0 Å². The summed E-state index contributed by atoms with van der Waals surface area (Å²) in [5.74, 6) is 0. The lowest BCUT2D eigenvalue weighted by Crippen LogP contribution is -2.34. The molecular formula is C10H17BrN2S. The highest BCUT2D eigenvalue weighted by molar-refractivity contribution is 9.10. The van der Waals surface area contributed by atoms with Crippen LogP contribution in [0.4, 0.5) is 0 Å². The van der Waals surface area contributed by atoms with Crippen LogP contribution in [0, 0.1) is 0 Å². The van der Waals surface area contributed by atoms with Crippen LogP contribution in [0.1, 0.15) is 18.7 Å². The Labute approximate surface area is 98.2 Å². The zero-order chi connectivity index (χ0) is 10.6. The zero-order valence-electron chi connectivity index (χ0n) is 8.66. The molecule has 1 heterocycles. The van der Waals surface area contributed by atoms with Crippen LogP contribution < -0.4 is 5.73 Å². The molecule has 0 aliphatic rings. The maximum Gasteiger partial charge on any atom is 0.0342 e. The van der Waals surface area contributed by atoms with E-state index >= 15 is 0 Å². The van der Waals surface area contributed by atoms with Crippen LogP contribution >= 0.6 is 27.3 Å². The van der Waals surface area contributed by atoms with E-state index in [0.717, 1.165) is 19.6 Å². The number of halogens is 1. The Morgan fingerprint density at radius 2 is 2.29 bits per heavy atom. The van der Waals surface area contributed by atoms with Crippen molar-refractivity contribution in [3.05, 3.63) is 20.8 Å². The number of hydrogen-bond donors (Lipinski definition) is 1. The molecule has 2 nitrogen and oxygen atoms in total. The van der Waals surface area contributed by atoms with E-state index in [4.69, 9.17) is 5.73 Å². The SMILES string of the molecule is CC(C)N(CCN)Cc1sccc1Br. The standard InChI is InChI=1S/C10H17BrN2S/c1-8(2)13(5-4-12)7-10-9(11)3-6-14-10/h3,6,8H,4-5,7,12H2,1-2H3. The molecule has 0 aromatic carbocycles. The van der Waals surface area contributed by atoms with Crippen LogP contribution in [0.15, 0.2) is 15.9 Å². The van der Waals surface area contributed by atoms with Crippen molar-refractivity contribution in [2.75, 3.05) is 13.1 Å². The highest BCUT2D eigenvalue weighted by Gasteiger charge is 2.11. The predicted molar refractivity (Wildman–Crippen MR) is 66.6 cm³/mol. The summed E-state index contributed by atoms with van der Waals surface area (Å²) in [6.07, 6.45) is 0. The van der Waals surface area contributed by atoms with Crippen LogP contribution in [-0.2, 0) is 6.54 Å². The van der Waals surface area contributed by atoms with Gasteiger partial charge in [0.1, 0.15) is 0 Å². The second-order valence-electron chi connectivity index (χ2n) is 3.54. The van der Waals surface area contributed by atoms with Gasteiger partial charge in [-0.15, -0.1) is 11.3 Å². The molecule has 0 unspecified atom stereocenters. The third-order valence-corrected chi connectivity index (χ3v) is 4.10. The van der Waals surface area contributed by atoms with Gasteiger partial charge in [0.15, 0.2) is 0 Å². The van der Waals surface area contributed by atoms with Crippen molar-refractivity contribution in [3.8, 4) is 0 Å². The summed E-state index contributed by atoms with van der Waals surface area (Å²) in [5.41, 5.74) is 5.58. The molecule has 0 spiro atoms. The molecule has 1 aromatic heterocycles. The van der Waals surface area contributed by atoms with Crippen molar-refractivity contribution in [1.82, 2.24) is 4.90 Å². The summed E-state index contributed by atoms with van der Waals surface area (Å²) in [5, 5.41) is 2.11. The first-order chi connectivity index (χ1) is 6.65. The summed E-state index contributed by atoms with van der Waals surface area (Å²) in [4.78, 5) is 3.77. The van der Waals surface area contributed by atoms with Crippen molar-refractivity contribution in [3.63, 3.8) is 0 Å². The third-order valence-electron chi connectivity index (χ3n) is 2.18. The van der Waals surface area contributed by atoms with Gasteiger partial charge in [-0.2, -0.15) is 0 Å². The minimum absolute atomic E-state index is 0.549. The van der Waals surface area contributed by atoms with E-state index in [1.165, 1.54) is 9.35 Å². The van der Waals surface area contributed by atoms with Crippen LogP contribution in [0.5, 0.6) is 0 Å². The number of nitrogens with zero attached hydrogens (tertiary/aromatic N) is 1. The summed E-state index contributed by atoms with van der Waals surface area (Å²) >= 11 is 5.34. The van der Waals surface area contributed by atoms with Gasteiger partial charge >= 0.3 is 0 Å². The Hall–Kier alpha value is 0.100. The molecule has 1 aromatic rings. The molecule has 0 saturated carbocycles. The first kappa shape index (κ1) is 12.2. The summed E-state index contributed by atoms with van der Waals surface area (Å²) in [7, 11) is 0. The molecule has 80 valence electrons. The highest BCUT2D eigenvalue weighted by Crippen LogP contribution is 2.24. The van der Waals surface area contributed by atoms with E-state index in [-0.39, 0.29) is 0 Å². The summed E-state index contributed by atoms with van der Waals surface area (Å²) in [6.45, 7) is 7.09. The normalized spacial score (nSPS) is 11.6. The third kappa shape index (κ3) is 3.35. The van der Waals surface area contributed by atoms with Crippen molar-refractivity contribution in [2.45, 2.75) is 26.4 Å². The molecule has 14 heavy (non-hydrogen) atoms. The maximum absolute atomic E-state index is 5.58. The van der Waals surface area contributed by atoms with E-state index < -0.39 is 0 Å². The lowest BCUT2D eigenvalue weighted by Gasteiger charge is -2.25. The van der Waals surface area contributed by atoms with Gasteiger partial charge < -0.3 is 5.73 Å². The minimum atomic E-state index is 0.549. The fourth-order valence-corrected chi connectivity index (χ4v) is 2.81. The van der Waals surface area contributed by atoms with Gasteiger partial charge in [-0.25, -0.2) is 0 Å². The van der Waals surface area contributed by atoms with Crippen LogP contribution in [-0.4, -0.2) is 24.0 Å². The second-order valence-corrected chi connectivity index (χ2v) is 5.40. The summed E-state index contributed by atoms with van der Waals surface area (Å²) < 4.78 is 1.21. The summed E-state index contributed by atoms with van der Waals surface area (Å²) in [6, 6.07) is 2.65. The van der Waals surface area contributed by atoms with Gasteiger partial charge in [0.05, 0.1) is 0 Å². The molecule has 0 aliphatic carbocycles. The topological polar surface area (TPSA) is 29.3 Å². The van der Waals surface area contributed by atoms with E-state index in [1.807, 2.05) is 0 Å². The average Bonchev–Trinajstić information content (AvgIpc) is 2.51. The molecule has 1 rings (SSSR count). The Morgan fingerprint density at radius 1 is 1.57 bits per heavy atom. The number of hydrogen-bond acceptors (Lipinski definition) is 3. The van der Waals surface area contributed by atoms with E-state index in [1.54, 1.807) is 11.3 Å². The van der Waals surface area contributed by atoms with Gasteiger partial charge in [-0.05, 0) is 41.2 Å². The van der Waals surface area contributed by atoms with E-state index in [0.29, 0.717) is 6.04 Å². The highest BCUT2D eigenvalue weighted by atomic mass is 79.9. The Bertz CT molecular complexity index is 273. The zero-order valence-corrected chi connectivity index (χ0v) is 11.1. The smallest absolute Gasteiger partial charge is 0.0342 e. The Morgan fingerprint density at radius 3 is 2.71 bits per heavy atom. The monoisotopic (exact) mass is 276 g/mol. The molecule has 2 N–H and O–H groups in total. The fraction of sp³-hybridized carbons (Fsp3) is 0.600. The number of nitrogens with two attached hydrogens (primary N) is 1. The van der Waals surface area contributed by atoms with Gasteiger partial charge in [-0.1, -0.05) is 0 Å². The van der Waals surface area contributed by atoms with E-state index in [9.17, 15) is 0 Å². The minimum Gasteiger partial charge on any atom is -0.329 e. The number of rotatable bonds is 5. The quantitative estimate of drug-likeness (QED) is 0.896. The second kappa shape index (κ2) is 5.85. The molecule has 4 heteroatoms. The molecule has 0 aliphatic heterocycles. The molecule has 0 fully saturated rings. The van der Waals surface area contributed by atoms with Gasteiger partial charge in [0, 0.05) is 35.0 Å².